The summed E-state index contributed by atoms with van der Waals surface area (Å²) in [7, 11) is 0. The van der Waals surface area contributed by atoms with E-state index in [1.165, 1.54) is 10.9 Å². The summed E-state index contributed by atoms with van der Waals surface area (Å²) in [5.41, 5.74) is 2.44. The fourth-order valence-corrected chi connectivity index (χ4v) is 2.78. The molecule has 1 aromatic carbocycles. The van der Waals surface area contributed by atoms with E-state index in [0.717, 1.165) is 44.8 Å². The number of aromatic nitrogens is 1. The molecule has 0 unspecified atom stereocenters. The smallest absolute Gasteiger partial charge is 0.0705 e. The largest absolute Gasteiger partial charge is 0.297 e. The summed E-state index contributed by atoms with van der Waals surface area (Å²) in [6.45, 7) is 6.05. The van der Waals surface area contributed by atoms with Crippen LogP contribution in [0.25, 0.3) is 10.9 Å². The molecule has 1 aliphatic rings. The quantitative estimate of drug-likeness (QED) is 0.791. The zero-order valence-corrected chi connectivity index (χ0v) is 11.6. The van der Waals surface area contributed by atoms with Gasteiger partial charge in [0, 0.05) is 44.3 Å². The van der Waals surface area contributed by atoms with Crippen LogP contribution in [0.15, 0.2) is 36.5 Å². The van der Waals surface area contributed by atoms with Gasteiger partial charge in [-0.3, -0.25) is 14.8 Å². The van der Waals surface area contributed by atoms with Crippen molar-refractivity contribution in [2.24, 2.45) is 0 Å². The number of piperazine rings is 1. The fraction of sp³-hybridized carbons (Fsp3) is 0.353. The van der Waals surface area contributed by atoms with Crippen molar-refractivity contribution in [3.05, 3.63) is 42.1 Å². The molecule has 2 heterocycles. The second-order valence-corrected chi connectivity index (χ2v) is 5.24. The molecule has 0 bridgehead atoms. The van der Waals surface area contributed by atoms with Crippen molar-refractivity contribution in [1.29, 1.82) is 0 Å². The summed E-state index contributed by atoms with van der Waals surface area (Å²) in [5.74, 6) is 2.73. The Morgan fingerprint density at radius 2 is 1.85 bits per heavy atom. The van der Waals surface area contributed by atoms with Gasteiger partial charge in [0.1, 0.15) is 0 Å². The summed E-state index contributed by atoms with van der Waals surface area (Å²) < 4.78 is 0. The highest BCUT2D eigenvalue weighted by Gasteiger charge is 2.16. The van der Waals surface area contributed by atoms with Crippen LogP contribution in [0.1, 0.15) is 5.56 Å². The molecule has 1 aromatic heterocycles. The van der Waals surface area contributed by atoms with Crippen LogP contribution in [0.2, 0.25) is 0 Å². The number of hydrogen-bond acceptors (Lipinski definition) is 3. The molecule has 2 aromatic rings. The summed E-state index contributed by atoms with van der Waals surface area (Å²) in [6.07, 6.45) is 7.22. The maximum Gasteiger partial charge on any atom is 0.0705 e. The van der Waals surface area contributed by atoms with Crippen LogP contribution in [0.5, 0.6) is 0 Å². The Bertz CT molecular complexity index is 616. The third kappa shape index (κ3) is 2.82. The van der Waals surface area contributed by atoms with Gasteiger partial charge in [0.05, 0.1) is 12.1 Å². The average Bonchev–Trinajstić information content (AvgIpc) is 2.50. The van der Waals surface area contributed by atoms with Gasteiger partial charge < -0.3 is 0 Å². The SMILES string of the molecule is C#CCN1CCN(Cc2cccc3ncccc23)CC1. The van der Waals surface area contributed by atoms with Crippen molar-refractivity contribution < 1.29 is 0 Å². The Hall–Kier alpha value is -1.89. The molecule has 0 atom stereocenters. The zero-order valence-electron chi connectivity index (χ0n) is 11.6. The second kappa shape index (κ2) is 6.04. The van der Waals surface area contributed by atoms with Gasteiger partial charge in [-0.1, -0.05) is 24.1 Å². The van der Waals surface area contributed by atoms with E-state index >= 15 is 0 Å². The van der Waals surface area contributed by atoms with Crippen LogP contribution < -0.4 is 0 Å². The lowest BCUT2D eigenvalue weighted by atomic mass is 10.1. The molecule has 1 aliphatic heterocycles. The van der Waals surface area contributed by atoms with Gasteiger partial charge in [0.15, 0.2) is 0 Å². The van der Waals surface area contributed by atoms with Crippen molar-refractivity contribution >= 4 is 10.9 Å². The Kier molecular flexibility index (Phi) is 3.96. The highest BCUT2D eigenvalue weighted by molar-refractivity contribution is 5.81. The first-order valence-corrected chi connectivity index (χ1v) is 7.07. The zero-order chi connectivity index (χ0) is 13.8. The van der Waals surface area contributed by atoms with E-state index in [-0.39, 0.29) is 0 Å². The lowest BCUT2D eigenvalue weighted by Gasteiger charge is -2.33. The number of rotatable bonds is 3. The van der Waals surface area contributed by atoms with Gasteiger partial charge in [0.2, 0.25) is 0 Å². The molecular formula is C17H19N3. The number of benzene rings is 1. The van der Waals surface area contributed by atoms with Crippen LogP contribution in [-0.2, 0) is 6.54 Å². The Morgan fingerprint density at radius 1 is 1.05 bits per heavy atom. The molecule has 3 heteroatoms. The van der Waals surface area contributed by atoms with Crippen molar-refractivity contribution in [2.75, 3.05) is 32.7 Å². The topological polar surface area (TPSA) is 19.4 Å². The predicted octanol–water partition coefficient (Wildman–Crippen LogP) is 1.99. The van der Waals surface area contributed by atoms with Crippen molar-refractivity contribution in [2.45, 2.75) is 6.54 Å². The van der Waals surface area contributed by atoms with E-state index in [0.29, 0.717) is 0 Å². The first-order chi connectivity index (χ1) is 9.86. The van der Waals surface area contributed by atoms with E-state index < -0.39 is 0 Å². The van der Waals surface area contributed by atoms with Crippen LogP contribution in [0.4, 0.5) is 0 Å². The summed E-state index contributed by atoms with van der Waals surface area (Å²) >= 11 is 0. The molecule has 20 heavy (non-hydrogen) atoms. The summed E-state index contributed by atoms with van der Waals surface area (Å²) in [6, 6.07) is 10.5. The van der Waals surface area contributed by atoms with Crippen molar-refractivity contribution in [3.8, 4) is 12.3 Å². The summed E-state index contributed by atoms with van der Waals surface area (Å²) in [4.78, 5) is 9.25. The molecular weight excluding hydrogens is 246 g/mol. The van der Waals surface area contributed by atoms with Crippen LogP contribution in [-0.4, -0.2) is 47.5 Å². The normalized spacial score (nSPS) is 17.1. The van der Waals surface area contributed by atoms with Gasteiger partial charge >= 0.3 is 0 Å². The molecule has 102 valence electrons. The highest BCUT2D eigenvalue weighted by atomic mass is 15.3. The van der Waals surface area contributed by atoms with E-state index in [9.17, 15) is 0 Å². The lowest BCUT2D eigenvalue weighted by molar-refractivity contribution is 0.139. The lowest BCUT2D eigenvalue weighted by Crippen LogP contribution is -2.45. The van der Waals surface area contributed by atoms with E-state index in [1.807, 2.05) is 12.3 Å². The van der Waals surface area contributed by atoms with E-state index in [1.54, 1.807) is 0 Å². The van der Waals surface area contributed by atoms with Gasteiger partial charge in [0.25, 0.3) is 0 Å². The minimum absolute atomic E-state index is 0.770. The van der Waals surface area contributed by atoms with Crippen LogP contribution in [0.3, 0.4) is 0 Å². The number of nitrogens with zero attached hydrogens (tertiary/aromatic N) is 3. The Balaban J connectivity index is 1.70. The molecule has 0 radical (unpaired) electrons. The van der Waals surface area contributed by atoms with Gasteiger partial charge in [-0.05, 0) is 17.7 Å². The van der Waals surface area contributed by atoms with Crippen LogP contribution >= 0.6 is 0 Å². The molecule has 0 spiro atoms. The molecule has 0 N–H and O–H groups in total. The average molecular weight is 265 g/mol. The maximum absolute atomic E-state index is 5.37. The van der Waals surface area contributed by atoms with Crippen molar-refractivity contribution in [3.63, 3.8) is 0 Å². The molecule has 0 amide bonds. The molecule has 3 nitrogen and oxygen atoms in total. The predicted molar refractivity (Wildman–Crippen MR) is 82.3 cm³/mol. The first-order valence-electron chi connectivity index (χ1n) is 7.07. The summed E-state index contributed by atoms with van der Waals surface area (Å²) in [5, 5.41) is 1.26. The second-order valence-electron chi connectivity index (χ2n) is 5.24. The first kappa shape index (κ1) is 13.1. The number of fused-ring (bicyclic) bond motifs is 1. The van der Waals surface area contributed by atoms with Crippen molar-refractivity contribution in [1.82, 2.24) is 14.8 Å². The minimum Gasteiger partial charge on any atom is -0.297 e. The third-order valence-corrected chi connectivity index (χ3v) is 3.91. The molecule has 0 saturated carbocycles. The number of hydrogen-bond donors (Lipinski definition) is 0. The van der Waals surface area contributed by atoms with Crippen LogP contribution in [0, 0.1) is 12.3 Å². The van der Waals surface area contributed by atoms with E-state index in [2.05, 4.69) is 45.0 Å². The minimum atomic E-state index is 0.770. The molecule has 1 fully saturated rings. The Labute approximate surface area is 120 Å². The Morgan fingerprint density at radius 3 is 2.65 bits per heavy atom. The molecule has 1 saturated heterocycles. The van der Waals surface area contributed by atoms with E-state index in [4.69, 9.17) is 6.42 Å². The maximum atomic E-state index is 5.37. The standard InChI is InChI=1S/C17H19N3/c1-2-9-19-10-12-20(13-11-19)14-15-5-3-7-17-16(15)6-4-8-18-17/h1,3-8H,9-14H2. The fourth-order valence-electron chi connectivity index (χ4n) is 2.78. The molecule has 3 rings (SSSR count). The van der Waals surface area contributed by atoms with Gasteiger partial charge in [-0.2, -0.15) is 0 Å². The third-order valence-electron chi connectivity index (χ3n) is 3.91. The number of pyridine rings is 1. The monoisotopic (exact) mass is 265 g/mol. The number of terminal acetylenes is 1. The highest BCUT2D eigenvalue weighted by Crippen LogP contribution is 2.18. The van der Waals surface area contributed by atoms with Gasteiger partial charge in [-0.25, -0.2) is 0 Å². The molecule has 0 aliphatic carbocycles. The van der Waals surface area contributed by atoms with Gasteiger partial charge in [-0.15, -0.1) is 6.42 Å².